The van der Waals surface area contributed by atoms with Crippen molar-refractivity contribution < 1.29 is 19.0 Å². The number of methoxy groups -OCH3 is 1. The Labute approximate surface area is 288 Å². The predicted molar refractivity (Wildman–Crippen MR) is 187 cm³/mol. The van der Waals surface area contributed by atoms with E-state index in [4.69, 9.17) is 37.4 Å². The largest absolute Gasteiger partial charge is 0.493 e. The Hall–Kier alpha value is -3.12. The first-order chi connectivity index (χ1) is 21.5. The number of thiazole rings is 1. The van der Waals surface area contributed by atoms with E-state index in [9.17, 15) is 9.59 Å². The molecule has 1 aromatic heterocycles. The van der Waals surface area contributed by atoms with Gasteiger partial charge in [-0.3, -0.25) is 9.36 Å². The van der Waals surface area contributed by atoms with Gasteiger partial charge in [0.1, 0.15) is 6.61 Å². The normalized spacial score (nSPS) is 14.8. The third-order valence-corrected chi connectivity index (χ3v) is 9.88. The number of aromatic nitrogens is 1. The molecule has 0 radical (unpaired) electrons. The highest BCUT2D eigenvalue weighted by Crippen LogP contribution is 2.36. The van der Waals surface area contributed by atoms with Crippen molar-refractivity contribution in [2.45, 2.75) is 46.3 Å². The molecule has 2 heterocycles. The van der Waals surface area contributed by atoms with E-state index in [0.29, 0.717) is 48.1 Å². The third kappa shape index (κ3) is 7.01. The molecule has 1 aliphatic heterocycles. The van der Waals surface area contributed by atoms with Gasteiger partial charge in [-0.05, 0) is 95.0 Å². The molecule has 3 aromatic carbocycles. The molecular formula is C34H31Cl2IN2O5S. The summed E-state index contributed by atoms with van der Waals surface area (Å²) in [6.07, 6.45) is 1.81. The van der Waals surface area contributed by atoms with Crippen LogP contribution in [0, 0.1) is 3.57 Å². The Morgan fingerprint density at radius 2 is 1.84 bits per heavy atom. The van der Waals surface area contributed by atoms with Gasteiger partial charge in [0.25, 0.3) is 5.56 Å². The van der Waals surface area contributed by atoms with Crippen molar-refractivity contribution >= 4 is 69.2 Å². The van der Waals surface area contributed by atoms with E-state index in [1.165, 1.54) is 11.3 Å². The molecule has 0 saturated heterocycles. The number of hydrogen-bond donors (Lipinski definition) is 0. The molecule has 0 amide bonds. The van der Waals surface area contributed by atoms with E-state index in [0.717, 1.165) is 25.8 Å². The maximum atomic E-state index is 14.1. The van der Waals surface area contributed by atoms with Crippen LogP contribution >= 0.6 is 57.1 Å². The molecule has 0 bridgehead atoms. The van der Waals surface area contributed by atoms with Crippen LogP contribution in [0.15, 0.2) is 75.7 Å². The molecule has 0 spiro atoms. The molecule has 7 nitrogen and oxygen atoms in total. The van der Waals surface area contributed by atoms with Crippen molar-refractivity contribution in [1.29, 1.82) is 0 Å². The van der Waals surface area contributed by atoms with Crippen molar-refractivity contribution in [3.05, 3.63) is 121 Å². The lowest BCUT2D eigenvalue weighted by atomic mass is 9.93. The Morgan fingerprint density at radius 1 is 1.11 bits per heavy atom. The fourth-order valence-corrected chi connectivity index (χ4v) is 7.22. The van der Waals surface area contributed by atoms with Crippen LogP contribution in [0.4, 0.5) is 0 Å². The molecular weight excluding hydrogens is 746 g/mol. The second-order valence-electron chi connectivity index (χ2n) is 10.7. The van der Waals surface area contributed by atoms with Gasteiger partial charge in [-0.25, -0.2) is 9.79 Å². The second-order valence-corrected chi connectivity index (χ2v) is 13.7. The first kappa shape index (κ1) is 33.2. The van der Waals surface area contributed by atoms with E-state index in [-0.39, 0.29) is 18.8 Å². The minimum atomic E-state index is -0.671. The van der Waals surface area contributed by atoms with Gasteiger partial charge in [-0.2, -0.15) is 0 Å². The average molecular weight is 778 g/mol. The number of ether oxygens (including phenoxy) is 3. The lowest BCUT2D eigenvalue weighted by Gasteiger charge is -2.25. The van der Waals surface area contributed by atoms with Gasteiger partial charge in [-0.15, -0.1) is 0 Å². The molecule has 0 N–H and O–H groups in total. The smallest absolute Gasteiger partial charge is 0.338 e. The number of allylic oxidation sites excluding steroid dienone is 1. The topological polar surface area (TPSA) is 79.1 Å². The Balaban J connectivity index is 1.56. The Bertz CT molecular complexity index is 1980. The summed E-state index contributed by atoms with van der Waals surface area (Å²) >= 11 is 15.7. The van der Waals surface area contributed by atoms with Gasteiger partial charge in [0, 0.05) is 0 Å². The van der Waals surface area contributed by atoms with Crippen LogP contribution in [0.3, 0.4) is 0 Å². The summed E-state index contributed by atoms with van der Waals surface area (Å²) in [5.41, 5.74) is 4.22. The number of rotatable bonds is 9. The maximum Gasteiger partial charge on any atom is 0.338 e. The highest BCUT2D eigenvalue weighted by molar-refractivity contribution is 14.1. The first-order valence-corrected chi connectivity index (χ1v) is 16.9. The molecule has 0 aliphatic carbocycles. The zero-order valence-electron chi connectivity index (χ0n) is 25.3. The zero-order valence-corrected chi connectivity index (χ0v) is 29.8. The quantitative estimate of drug-likeness (QED) is 0.131. The first-order valence-electron chi connectivity index (χ1n) is 14.3. The van der Waals surface area contributed by atoms with Crippen molar-refractivity contribution in [3.63, 3.8) is 0 Å². The van der Waals surface area contributed by atoms with Gasteiger partial charge >= 0.3 is 5.97 Å². The van der Waals surface area contributed by atoms with Crippen LogP contribution in [0.1, 0.15) is 61.9 Å². The van der Waals surface area contributed by atoms with Crippen LogP contribution < -0.4 is 24.4 Å². The number of nitrogens with zero attached hydrogens (tertiary/aromatic N) is 2. The summed E-state index contributed by atoms with van der Waals surface area (Å²) < 4.78 is 20.1. The minimum absolute atomic E-state index is 0.215. The standard InChI is InChI=1S/C34H31Cl2IN2O5S/c1-6-43-33(41)29-19(4)38-34-39(30(29)23-10-8-22(9-11-23)18(2)3)32(40)28(45-34)16-21-14-26(37)31(27(15-21)42-5)44-17-20-7-12-24(35)25(36)13-20/h7-16,18,30H,6,17H2,1-5H3/t30-/m1/s1. The van der Waals surface area contributed by atoms with E-state index in [2.05, 4.69) is 41.4 Å². The highest BCUT2D eigenvalue weighted by atomic mass is 127. The number of carbonyl (C=O) groups is 1. The molecule has 4 aromatic rings. The second kappa shape index (κ2) is 14.1. The SMILES string of the molecule is CCOC(=O)C1=C(C)N=c2sc(=Cc3cc(I)c(OCc4ccc(Cl)c(Cl)c4)c(OC)c3)c(=O)n2[C@@H]1c1ccc(C(C)C)cc1. The number of fused-ring (bicyclic) bond motifs is 1. The van der Waals surface area contributed by atoms with Crippen LogP contribution in [0.2, 0.25) is 10.0 Å². The average Bonchev–Trinajstić information content (AvgIpc) is 3.31. The van der Waals surface area contributed by atoms with Crippen LogP contribution in [-0.2, 0) is 16.1 Å². The molecule has 11 heteroatoms. The summed E-state index contributed by atoms with van der Waals surface area (Å²) in [6, 6.07) is 16.4. The fraction of sp³-hybridized carbons (Fsp3) is 0.265. The maximum absolute atomic E-state index is 14.1. The van der Waals surface area contributed by atoms with Gasteiger partial charge in [0.05, 0.1) is 49.2 Å². The van der Waals surface area contributed by atoms with Crippen molar-refractivity contribution in [2.75, 3.05) is 13.7 Å². The minimum Gasteiger partial charge on any atom is -0.493 e. The van der Waals surface area contributed by atoms with Gasteiger partial charge in [0.2, 0.25) is 0 Å². The van der Waals surface area contributed by atoms with Crippen LogP contribution in [0.25, 0.3) is 6.08 Å². The Kier molecular flexibility index (Phi) is 10.4. The molecule has 0 saturated carbocycles. The number of benzene rings is 3. The van der Waals surface area contributed by atoms with E-state index in [1.54, 1.807) is 43.7 Å². The summed E-state index contributed by atoms with van der Waals surface area (Å²) in [4.78, 5) is 32.5. The number of carbonyl (C=O) groups excluding carboxylic acids is 1. The summed E-state index contributed by atoms with van der Waals surface area (Å²) in [5, 5.41) is 0.931. The van der Waals surface area contributed by atoms with Crippen molar-refractivity contribution in [2.24, 2.45) is 4.99 Å². The zero-order chi connectivity index (χ0) is 32.4. The Morgan fingerprint density at radius 3 is 2.49 bits per heavy atom. The van der Waals surface area contributed by atoms with E-state index < -0.39 is 12.0 Å². The third-order valence-electron chi connectivity index (χ3n) is 7.35. The summed E-state index contributed by atoms with van der Waals surface area (Å²) in [5.74, 6) is 0.948. The molecule has 1 atom stereocenters. The lowest BCUT2D eigenvalue weighted by molar-refractivity contribution is -0.139. The van der Waals surface area contributed by atoms with Crippen molar-refractivity contribution in [1.82, 2.24) is 4.57 Å². The number of esters is 1. The fourth-order valence-electron chi connectivity index (χ4n) is 5.07. The van der Waals surface area contributed by atoms with Gasteiger partial charge < -0.3 is 14.2 Å². The summed E-state index contributed by atoms with van der Waals surface area (Å²) in [7, 11) is 1.57. The molecule has 5 rings (SSSR count). The monoisotopic (exact) mass is 776 g/mol. The van der Waals surface area contributed by atoms with Crippen LogP contribution in [-0.4, -0.2) is 24.3 Å². The van der Waals surface area contributed by atoms with Crippen LogP contribution in [0.5, 0.6) is 11.5 Å². The number of hydrogen-bond acceptors (Lipinski definition) is 7. The molecule has 234 valence electrons. The summed E-state index contributed by atoms with van der Waals surface area (Å²) in [6.45, 7) is 8.26. The molecule has 0 unspecified atom stereocenters. The molecule has 45 heavy (non-hydrogen) atoms. The van der Waals surface area contributed by atoms with Gasteiger partial charge in [-0.1, -0.05) is 78.7 Å². The van der Waals surface area contributed by atoms with E-state index in [1.807, 2.05) is 42.5 Å². The highest BCUT2D eigenvalue weighted by Gasteiger charge is 2.33. The molecule has 1 aliphatic rings. The lowest BCUT2D eigenvalue weighted by Crippen LogP contribution is -2.39. The van der Waals surface area contributed by atoms with E-state index >= 15 is 0 Å². The number of halogens is 3. The van der Waals surface area contributed by atoms with Gasteiger partial charge in [0.15, 0.2) is 16.3 Å². The predicted octanol–water partition coefficient (Wildman–Crippen LogP) is 7.42. The molecule has 0 fully saturated rings. The van der Waals surface area contributed by atoms with Crippen molar-refractivity contribution in [3.8, 4) is 11.5 Å².